The minimum Gasteiger partial charge on any atom is -0.446 e. The van der Waals surface area contributed by atoms with Gasteiger partial charge in [-0.2, -0.15) is 5.01 Å². The number of hydrazone groups is 1. The predicted molar refractivity (Wildman–Crippen MR) is 94.8 cm³/mol. The van der Waals surface area contributed by atoms with Gasteiger partial charge in [-0.25, -0.2) is 0 Å². The molecule has 3 rings (SSSR count). The van der Waals surface area contributed by atoms with Gasteiger partial charge in [0.1, 0.15) is 5.75 Å². The number of rotatable bonds is 3. The largest absolute Gasteiger partial charge is 0.446 e. The molecule has 2 aromatic carbocycles. The molecule has 1 amide bonds. The van der Waals surface area contributed by atoms with E-state index in [1.54, 1.807) is 24.3 Å². The molecule has 25 heavy (non-hydrogen) atoms. The first-order chi connectivity index (χ1) is 11.9. The SMILES string of the molecule is CC(=O)Oc1ccc([C@@H]2OC(c3cccc(Br)c3)=NN2C(C)=O)cc1. The van der Waals surface area contributed by atoms with Crippen molar-refractivity contribution in [3.05, 3.63) is 64.1 Å². The van der Waals surface area contributed by atoms with Crippen molar-refractivity contribution < 1.29 is 19.1 Å². The molecule has 1 heterocycles. The summed E-state index contributed by atoms with van der Waals surface area (Å²) in [6, 6.07) is 14.2. The average Bonchev–Trinajstić information content (AvgIpc) is 3.00. The summed E-state index contributed by atoms with van der Waals surface area (Å²) in [5.74, 6) is 0.164. The number of amides is 1. The fraction of sp³-hybridized carbons (Fsp3) is 0.167. The van der Waals surface area contributed by atoms with Gasteiger partial charge in [0.05, 0.1) is 0 Å². The first kappa shape index (κ1) is 17.2. The third-order valence-electron chi connectivity index (χ3n) is 3.46. The summed E-state index contributed by atoms with van der Waals surface area (Å²) in [6.45, 7) is 2.76. The number of ether oxygens (including phenoxy) is 2. The van der Waals surface area contributed by atoms with Gasteiger partial charge in [-0.3, -0.25) is 9.59 Å². The van der Waals surface area contributed by atoms with E-state index in [9.17, 15) is 9.59 Å². The van der Waals surface area contributed by atoms with Crippen molar-refractivity contribution in [2.24, 2.45) is 5.10 Å². The number of nitrogens with zero attached hydrogens (tertiary/aromatic N) is 2. The number of halogens is 1. The molecule has 0 spiro atoms. The van der Waals surface area contributed by atoms with Gasteiger partial charge in [0, 0.05) is 29.4 Å². The van der Waals surface area contributed by atoms with Crippen LogP contribution >= 0.6 is 15.9 Å². The maximum Gasteiger partial charge on any atom is 0.308 e. The molecule has 0 aromatic heterocycles. The zero-order valence-electron chi connectivity index (χ0n) is 13.6. The summed E-state index contributed by atoms with van der Waals surface area (Å²) in [5.41, 5.74) is 1.49. The molecule has 128 valence electrons. The van der Waals surface area contributed by atoms with E-state index in [0.717, 1.165) is 15.6 Å². The van der Waals surface area contributed by atoms with Gasteiger partial charge in [-0.15, -0.1) is 5.10 Å². The Labute approximate surface area is 153 Å². The highest BCUT2D eigenvalue weighted by molar-refractivity contribution is 9.10. The van der Waals surface area contributed by atoms with E-state index in [4.69, 9.17) is 9.47 Å². The molecular formula is C18H15BrN2O4. The fourth-order valence-electron chi connectivity index (χ4n) is 2.39. The van der Waals surface area contributed by atoms with Crippen molar-refractivity contribution in [2.45, 2.75) is 20.1 Å². The second-order valence-electron chi connectivity index (χ2n) is 5.41. The lowest BCUT2D eigenvalue weighted by Gasteiger charge is -2.19. The summed E-state index contributed by atoms with van der Waals surface area (Å²) in [4.78, 5) is 22.9. The Morgan fingerprint density at radius 3 is 2.48 bits per heavy atom. The standard InChI is InChI=1S/C18H15BrN2O4/c1-11(22)21-18(13-6-8-16(9-7-13)24-12(2)23)25-17(20-21)14-4-3-5-15(19)10-14/h3-10,18H,1-2H3/t18-/m0/s1. The molecule has 2 aromatic rings. The van der Waals surface area contributed by atoms with Crippen LogP contribution in [0.15, 0.2) is 58.1 Å². The Morgan fingerprint density at radius 2 is 1.88 bits per heavy atom. The van der Waals surface area contributed by atoms with E-state index in [-0.39, 0.29) is 5.91 Å². The topological polar surface area (TPSA) is 68.2 Å². The summed E-state index contributed by atoms with van der Waals surface area (Å²) in [7, 11) is 0. The molecule has 0 N–H and O–H groups in total. The highest BCUT2D eigenvalue weighted by atomic mass is 79.9. The van der Waals surface area contributed by atoms with Crippen molar-refractivity contribution in [2.75, 3.05) is 0 Å². The highest BCUT2D eigenvalue weighted by Gasteiger charge is 2.33. The zero-order chi connectivity index (χ0) is 18.0. The lowest BCUT2D eigenvalue weighted by Crippen LogP contribution is -2.25. The molecule has 6 nitrogen and oxygen atoms in total. The molecule has 0 saturated heterocycles. The normalized spacial score (nSPS) is 16.2. The van der Waals surface area contributed by atoms with Crippen molar-refractivity contribution in [1.29, 1.82) is 0 Å². The van der Waals surface area contributed by atoms with Crippen molar-refractivity contribution in [1.82, 2.24) is 5.01 Å². The van der Waals surface area contributed by atoms with E-state index in [2.05, 4.69) is 21.0 Å². The number of hydrogen-bond donors (Lipinski definition) is 0. The van der Waals surface area contributed by atoms with Crippen molar-refractivity contribution in [3.8, 4) is 5.75 Å². The van der Waals surface area contributed by atoms with Gasteiger partial charge in [-0.1, -0.05) is 22.0 Å². The minimum atomic E-state index is -0.669. The Balaban J connectivity index is 1.87. The van der Waals surface area contributed by atoms with Crippen LogP contribution < -0.4 is 4.74 Å². The quantitative estimate of drug-likeness (QED) is 0.580. The number of carbonyl (C=O) groups excluding carboxylic acids is 2. The Bertz CT molecular complexity index is 848. The fourth-order valence-corrected chi connectivity index (χ4v) is 2.79. The zero-order valence-corrected chi connectivity index (χ0v) is 15.2. The Kier molecular flexibility index (Phi) is 4.85. The summed E-state index contributed by atoms with van der Waals surface area (Å²) in [5, 5.41) is 5.59. The summed E-state index contributed by atoms with van der Waals surface area (Å²) in [6.07, 6.45) is -0.669. The van der Waals surface area contributed by atoms with Gasteiger partial charge in [0.2, 0.25) is 18.0 Å². The van der Waals surface area contributed by atoms with Crippen LogP contribution in [0.5, 0.6) is 5.75 Å². The monoisotopic (exact) mass is 402 g/mol. The lowest BCUT2D eigenvalue weighted by molar-refractivity contribution is -0.135. The molecule has 1 aliphatic rings. The minimum absolute atomic E-state index is 0.237. The van der Waals surface area contributed by atoms with Crippen LogP contribution in [0.1, 0.15) is 31.2 Å². The van der Waals surface area contributed by atoms with Crippen LogP contribution in [0, 0.1) is 0 Å². The molecule has 0 fully saturated rings. The number of benzene rings is 2. The van der Waals surface area contributed by atoms with Gasteiger partial charge >= 0.3 is 5.97 Å². The molecule has 0 saturated carbocycles. The van der Waals surface area contributed by atoms with Gasteiger partial charge < -0.3 is 9.47 Å². The van der Waals surface area contributed by atoms with Gasteiger partial charge in [0.15, 0.2) is 0 Å². The van der Waals surface area contributed by atoms with E-state index < -0.39 is 12.2 Å². The molecule has 0 bridgehead atoms. The van der Waals surface area contributed by atoms with Crippen molar-refractivity contribution >= 4 is 33.7 Å². The molecule has 0 radical (unpaired) electrons. The van der Waals surface area contributed by atoms with E-state index >= 15 is 0 Å². The smallest absolute Gasteiger partial charge is 0.308 e. The summed E-state index contributed by atoms with van der Waals surface area (Å²) < 4.78 is 11.8. The second kappa shape index (κ2) is 7.06. The predicted octanol–water partition coefficient (Wildman–Crippen LogP) is 3.61. The van der Waals surface area contributed by atoms with E-state index in [0.29, 0.717) is 11.6 Å². The van der Waals surface area contributed by atoms with Crippen LogP contribution in [0.25, 0.3) is 0 Å². The molecule has 0 aliphatic carbocycles. The molecule has 7 heteroatoms. The van der Waals surface area contributed by atoms with Gasteiger partial charge in [0.25, 0.3) is 0 Å². The van der Waals surface area contributed by atoms with Crippen LogP contribution in [0.4, 0.5) is 0 Å². The molecule has 1 aliphatic heterocycles. The van der Waals surface area contributed by atoms with Crippen LogP contribution in [-0.2, 0) is 14.3 Å². The number of esters is 1. The third-order valence-corrected chi connectivity index (χ3v) is 3.96. The average molecular weight is 403 g/mol. The summed E-state index contributed by atoms with van der Waals surface area (Å²) >= 11 is 3.41. The van der Waals surface area contributed by atoms with Crippen molar-refractivity contribution in [3.63, 3.8) is 0 Å². The molecule has 0 unspecified atom stereocenters. The van der Waals surface area contributed by atoms with E-state index in [1.807, 2.05) is 24.3 Å². The highest BCUT2D eigenvalue weighted by Crippen LogP contribution is 2.31. The second-order valence-corrected chi connectivity index (χ2v) is 6.33. The van der Waals surface area contributed by atoms with Crippen LogP contribution in [-0.4, -0.2) is 22.8 Å². The molecule has 1 atom stereocenters. The van der Waals surface area contributed by atoms with Crippen LogP contribution in [0.2, 0.25) is 0 Å². The maximum atomic E-state index is 11.9. The van der Waals surface area contributed by atoms with Gasteiger partial charge in [-0.05, 0) is 42.5 Å². The first-order valence-corrected chi connectivity index (χ1v) is 8.33. The van der Waals surface area contributed by atoms with E-state index in [1.165, 1.54) is 18.9 Å². The third kappa shape index (κ3) is 3.88. The Hall–Kier alpha value is -2.67. The first-order valence-electron chi connectivity index (χ1n) is 7.53. The lowest BCUT2D eigenvalue weighted by atomic mass is 10.2. The number of hydrogen-bond acceptors (Lipinski definition) is 5. The maximum absolute atomic E-state index is 11.9. The Morgan fingerprint density at radius 1 is 1.16 bits per heavy atom. The number of carbonyl (C=O) groups is 2. The molecular weight excluding hydrogens is 388 g/mol. The van der Waals surface area contributed by atoms with Crippen LogP contribution in [0.3, 0.4) is 0 Å².